The van der Waals surface area contributed by atoms with Gasteiger partial charge in [-0.05, 0) is 0 Å². The van der Waals surface area contributed by atoms with Crippen molar-refractivity contribution in [3.8, 4) is 0 Å². The molecular weight excluding hydrogens is 177 g/mol. The molecule has 1 rings (SSSR count). The molecular formula is C3H10NO4PS. The molecule has 1 heterocycles. The van der Waals surface area contributed by atoms with E-state index in [0.717, 1.165) is 0 Å². The van der Waals surface area contributed by atoms with E-state index < -0.39 is 7.82 Å². The molecule has 0 amide bonds. The lowest BCUT2D eigenvalue weighted by atomic mass is 10.8. The maximum absolute atomic E-state index is 8.88. The number of thioether (sulfide) groups is 1. The highest BCUT2D eigenvalue weighted by Crippen LogP contribution is 2.25. The average Bonchev–Trinajstić information content (AvgIpc) is 2.07. The first kappa shape index (κ1) is 10.4. The summed E-state index contributed by atoms with van der Waals surface area (Å²) in [6.45, 7) is 1.21. The van der Waals surface area contributed by atoms with E-state index in [2.05, 4.69) is 5.32 Å². The minimum absolute atomic E-state index is 1.17. The van der Waals surface area contributed by atoms with Gasteiger partial charge in [-0.2, -0.15) is 0 Å². The highest BCUT2D eigenvalue weighted by molar-refractivity contribution is 7.99. The zero-order chi connectivity index (χ0) is 8.04. The summed E-state index contributed by atoms with van der Waals surface area (Å²) in [5.41, 5.74) is 0. The molecule has 0 aromatic heterocycles. The van der Waals surface area contributed by atoms with Gasteiger partial charge >= 0.3 is 7.82 Å². The van der Waals surface area contributed by atoms with Gasteiger partial charge in [0.2, 0.25) is 0 Å². The molecule has 1 aliphatic rings. The molecule has 10 heavy (non-hydrogen) atoms. The summed E-state index contributed by atoms with van der Waals surface area (Å²) in [7, 11) is -4.64. The van der Waals surface area contributed by atoms with E-state index in [9.17, 15) is 0 Å². The average molecular weight is 187 g/mol. The number of hydrogen-bond acceptors (Lipinski definition) is 3. The SMILES string of the molecule is C1CSCN1.O=P(O)(O)O. The molecule has 4 N–H and O–H groups in total. The van der Waals surface area contributed by atoms with Crippen molar-refractivity contribution in [2.75, 3.05) is 18.2 Å². The van der Waals surface area contributed by atoms with Crippen LogP contribution in [0.3, 0.4) is 0 Å². The lowest BCUT2D eigenvalue weighted by Crippen LogP contribution is -2.04. The van der Waals surface area contributed by atoms with Crippen LogP contribution in [0, 0.1) is 0 Å². The van der Waals surface area contributed by atoms with Crippen LogP contribution in [-0.4, -0.2) is 32.9 Å². The van der Waals surface area contributed by atoms with Crippen LogP contribution in [0.15, 0.2) is 0 Å². The molecule has 7 heteroatoms. The molecule has 0 unspecified atom stereocenters. The van der Waals surface area contributed by atoms with E-state index in [1.165, 1.54) is 18.2 Å². The van der Waals surface area contributed by atoms with Gasteiger partial charge in [0.25, 0.3) is 0 Å². The Morgan fingerprint density at radius 2 is 1.90 bits per heavy atom. The molecule has 0 aromatic carbocycles. The van der Waals surface area contributed by atoms with E-state index in [-0.39, 0.29) is 0 Å². The zero-order valence-corrected chi connectivity index (χ0v) is 6.94. The van der Waals surface area contributed by atoms with Gasteiger partial charge in [0.15, 0.2) is 0 Å². The van der Waals surface area contributed by atoms with Crippen LogP contribution < -0.4 is 5.32 Å². The lowest BCUT2D eigenvalue weighted by Gasteiger charge is -1.82. The van der Waals surface area contributed by atoms with Gasteiger partial charge in [0.1, 0.15) is 0 Å². The van der Waals surface area contributed by atoms with Crippen molar-refractivity contribution in [3.63, 3.8) is 0 Å². The van der Waals surface area contributed by atoms with Gasteiger partial charge in [-0.1, -0.05) is 0 Å². The summed E-state index contributed by atoms with van der Waals surface area (Å²) < 4.78 is 8.88. The van der Waals surface area contributed by atoms with E-state index in [1.54, 1.807) is 0 Å². The van der Waals surface area contributed by atoms with E-state index in [0.29, 0.717) is 0 Å². The zero-order valence-electron chi connectivity index (χ0n) is 5.23. The molecule has 0 aromatic rings. The highest BCUT2D eigenvalue weighted by atomic mass is 32.2. The fourth-order valence-electron chi connectivity index (χ4n) is 0.361. The standard InChI is InChI=1S/C3H7NS.H3O4P/c1-2-5-3-4-1;1-5(2,3)4/h4H,1-3H2;(H3,1,2,3,4). The van der Waals surface area contributed by atoms with Crippen molar-refractivity contribution in [2.24, 2.45) is 0 Å². The minimum Gasteiger partial charge on any atom is -0.307 e. The predicted octanol–water partition coefficient (Wildman–Crippen LogP) is -0.648. The molecule has 1 aliphatic heterocycles. The van der Waals surface area contributed by atoms with Gasteiger partial charge in [-0.3, -0.25) is 0 Å². The normalized spacial score (nSPS) is 17.9. The molecule has 0 saturated carbocycles. The second-order valence-electron chi connectivity index (χ2n) is 1.57. The third-order valence-corrected chi connectivity index (χ3v) is 1.53. The van der Waals surface area contributed by atoms with Crippen LogP contribution in [-0.2, 0) is 4.57 Å². The monoisotopic (exact) mass is 187 g/mol. The number of nitrogens with one attached hydrogen (secondary N) is 1. The maximum atomic E-state index is 8.88. The summed E-state index contributed by atoms with van der Waals surface area (Å²) in [6.07, 6.45) is 0. The molecule has 0 aliphatic carbocycles. The first-order valence-corrected chi connectivity index (χ1v) is 5.29. The fraction of sp³-hybridized carbons (Fsp3) is 1.00. The predicted molar refractivity (Wildman–Crippen MR) is 39.6 cm³/mol. The van der Waals surface area contributed by atoms with Crippen molar-refractivity contribution in [2.45, 2.75) is 0 Å². The molecule has 62 valence electrons. The second kappa shape index (κ2) is 5.12. The number of hydrogen-bond donors (Lipinski definition) is 4. The van der Waals surface area contributed by atoms with Gasteiger partial charge < -0.3 is 20.0 Å². The van der Waals surface area contributed by atoms with Crippen molar-refractivity contribution in [3.05, 3.63) is 0 Å². The number of rotatable bonds is 0. The van der Waals surface area contributed by atoms with Crippen LogP contribution in [0.2, 0.25) is 0 Å². The van der Waals surface area contributed by atoms with E-state index >= 15 is 0 Å². The van der Waals surface area contributed by atoms with Crippen molar-refractivity contribution >= 4 is 19.6 Å². The Morgan fingerprint density at radius 1 is 1.40 bits per heavy atom. The molecule has 1 saturated heterocycles. The Bertz CT molecular complexity index is 106. The molecule has 0 atom stereocenters. The topological polar surface area (TPSA) is 89.8 Å². The van der Waals surface area contributed by atoms with Crippen molar-refractivity contribution in [1.82, 2.24) is 5.32 Å². The van der Waals surface area contributed by atoms with Crippen LogP contribution in [0.4, 0.5) is 0 Å². The van der Waals surface area contributed by atoms with Crippen LogP contribution in [0.5, 0.6) is 0 Å². The quantitative estimate of drug-likeness (QED) is 0.377. The molecule has 1 fully saturated rings. The van der Waals surface area contributed by atoms with Gasteiger partial charge in [0, 0.05) is 18.2 Å². The van der Waals surface area contributed by atoms with Crippen LogP contribution in [0.1, 0.15) is 0 Å². The summed E-state index contributed by atoms with van der Waals surface area (Å²) in [5.74, 6) is 2.47. The summed E-state index contributed by atoms with van der Waals surface area (Å²) in [4.78, 5) is 21.6. The molecule has 0 spiro atoms. The maximum Gasteiger partial charge on any atom is 0.466 e. The summed E-state index contributed by atoms with van der Waals surface area (Å²) in [5, 5.41) is 3.19. The van der Waals surface area contributed by atoms with Crippen molar-refractivity contribution in [1.29, 1.82) is 0 Å². The van der Waals surface area contributed by atoms with E-state index in [4.69, 9.17) is 19.2 Å². The third-order valence-electron chi connectivity index (χ3n) is 0.627. The van der Waals surface area contributed by atoms with Crippen LogP contribution >= 0.6 is 19.6 Å². The van der Waals surface area contributed by atoms with Gasteiger partial charge in [0.05, 0.1) is 0 Å². The third kappa shape index (κ3) is 15.8. The Morgan fingerprint density at radius 3 is 2.00 bits per heavy atom. The second-order valence-corrected chi connectivity index (χ2v) is 3.70. The highest BCUT2D eigenvalue weighted by Gasteiger charge is 2.00. The summed E-state index contributed by atoms with van der Waals surface area (Å²) >= 11 is 1.96. The molecule has 0 bridgehead atoms. The number of phosphoric acid groups is 1. The minimum atomic E-state index is -4.64. The van der Waals surface area contributed by atoms with Gasteiger partial charge in [-0.25, -0.2) is 4.57 Å². The smallest absolute Gasteiger partial charge is 0.307 e. The Labute approximate surface area is 63.1 Å². The first-order valence-electron chi connectivity index (χ1n) is 2.57. The summed E-state index contributed by atoms with van der Waals surface area (Å²) in [6, 6.07) is 0. The largest absolute Gasteiger partial charge is 0.466 e. The Hall–Kier alpha value is 0.420. The first-order chi connectivity index (χ1) is 4.50. The Balaban J connectivity index is 0.000000162. The lowest BCUT2D eigenvalue weighted by molar-refractivity contribution is 0.275. The van der Waals surface area contributed by atoms with Gasteiger partial charge in [-0.15, -0.1) is 11.8 Å². The fourth-order valence-corrected chi connectivity index (χ4v) is 1.08. The Kier molecular flexibility index (Phi) is 5.34. The molecule has 0 radical (unpaired) electrons. The van der Waals surface area contributed by atoms with Crippen molar-refractivity contribution < 1.29 is 19.2 Å². The van der Waals surface area contributed by atoms with E-state index in [1.807, 2.05) is 11.8 Å². The molecule has 5 nitrogen and oxygen atoms in total. The van der Waals surface area contributed by atoms with Crippen LogP contribution in [0.25, 0.3) is 0 Å².